The first-order valence-electron chi connectivity index (χ1n) is 5.91. The quantitative estimate of drug-likeness (QED) is 0.782. The summed E-state index contributed by atoms with van der Waals surface area (Å²) < 4.78 is 1.73. The fourth-order valence-electron chi connectivity index (χ4n) is 2.22. The van der Waals surface area contributed by atoms with Crippen molar-refractivity contribution in [3.8, 4) is 0 Å². The predicted octanol–water partition coefficient (Wildman–Crippen LogP) is -0.0678. The molecule has 1 fully saturated rings. The molecule has 1 amide bonds. The summed E-state index contributed by atoms with van der Waals surface area (Å²) in [4.78, 5) is 22.7. The number of aromatic nitrogens is 3. The molecule has 1 aromatic rings. The molecule has 0 spiro atoms. The fraction of sp³-hybridized carbons (Fsp3) is 0.636. The lowest BCUT2D eigenvalue weighted by molar-refractivity contribution is -0.141. The number of hydrogen-bond acceptors (Lipinski definition) is 4. The third-order valence-electron chi connectivity index (χ3n) is 3.38. The minimum absolute atomic E-state index is 0.0956. The van der Waals surface area contributed by atoms with Gasteiger partial charge in [0, 0.05) is 13.0 Å². The van der Waals surface area contributed by atoms with Crippen molar-refractivity contribution in [1.29, 1.82) is 0 Å². The number of nitrogens with one attached hydrogen (secondary N) is 1. The van der Waals surface area contributed by atoms with Gasteiger partial charge in [-0.15, -0.1) is 10.2 Å². The highest BCUT2D eigenvalue weighted by Crippen LogP contribution is 2.31. The summed E-state index contributed by atoms with van der Waals surface area (Å²) in [6.45, 7) is 0.323. The lowest BCUT2D eigenvalue weighted by Gasteiger charge is -2.10. The van der Waals surface area contributed by atoms with Gasteiger partial charge in [-0.3, -0.25) is 9.59 Å². The number of carboxylic acid groups (broad SMARTS) is 1. The summed E-state index contributed by atoms with van der Waals surface area (Å²) in [6, 6.07) is 0. The maximum absolute atomic E-state index is 11.9. The molecule has 2 N–H and O–H groups in total. The Morgan fingerprint density at radius 1 is 1.50 bits per heavy atom. The van der Waals surface area contributed by atoms with E-state index >= 15 is 0 Å². The van der Waals surface area contributed by atoms with Crippen molar-refractivity contribution in [1.82, 2.24) is 20.1 Å². The molecule has 0 unspecified atom stereocenters. The molecule has 0 aromatic carbocycles. The van der Waals surface area contributed by atoms with Crippen molar-refractivity contribution >= 4 is 11.9 Å². The van der Waals surface area contributed by atoms with E-state index in [2.05, 4.69) is 15.5 Å². The van der Waals surface area contributed by atoms with Crippen molar-refractivity contribution in [2.45, 2.75) is 25.8 Å². The number of aryl methyl sites for hydroxylation is 1. The molecule has 0 bridgehead atoms. The summed E-state index contributed by atoms with van der Waals surface area (Å²) in [6.07, 6.45) is 3.22. The van der Waals surface area contributed by atoms with Gasteiger partial charge >= 0.3 is 5.97 Å². The molecule has 0 saturated heterocycles. The third-order valence-corrected chi connectivity index (χ3v) is 3.38. The Kier molecular flexibility index (Phi) is 3.59. The Morgan fingerprint density at radius 2 is 2.22 bits per heavy atom. The van der Waals surface area contributed by atoms with Crippen LogP contribution in [0, 0.1) is 11.8 Å². The average molecular weight is 252 g/mol. The van der Waals surface area contributed by atoms with E-state index in [4.69, 9.17) is 5.11 Å². The van der Waals surface area contributed by atoms with Crippen LogP contribution in [0.15, 0.2) is 6.33 Å². The van der Waals surface area contributed by atoms with E-state index in [1.807, 2.05) is 0 Å². The van der Waals surface area contributed by atoms with E-state index < -0.39 is 5.97 Å². The molecule has 0 radical (unpaired) electrons. The van der Waals surface area contributed by atoms with E-state index in [1.54, 1.807) is 17.9 Å². The van der Waals surface area contributed by atoms with Crippen LogP contribution in [0.2, 0.25) is 0 Å². The van der Waals surface area contributed by atoms with Crippen LogP contribution >= 0.6 is 0 Å². The zero-order valence-electron chi connectivity index (χ0n) is 10.2. The Labute approximate surface area is 104 Å². The molecule has 0 aliphatic heterocycles. The van der Waals surface area contributed by atoms with Crippen LogP contribution in [0.25, 0.3) is 0 Å². The Balaban J connectivity index is 1.83. The Bertz CT molecular complexity index is 457. The van der Waals surface area contributed by atoms with Crippen LogP contribution < -0.4 is 5.32 Å². The molecule has 2 rings (SSSR count). The summed E-state index contributed by atoms with van der Waals surface area (Å²) >= 11 is 0. The highest BCUT2D eigenvalue weighted by Gasteiger charge is 2.33. The highest BCUT2D eigenvalue weighted by atomic mass is 16.4. The summed E-state index contributed by atoms with van der Waals surface area (Å²) in [5.41, 5.74) is 0. The zero-order chi connectivity index (χ0) is 13.1. The molecule has 2 atom stereocenters. The van der Waals surface area contributed by atoms with Gasteiger partial charge in [0.05, 0.1) is 12.5 Å². The number of aliphatic carboxylic acids is 1. The van der Waals surface area contributed by atoms with Gasteiger partial charge in [0.1, 0.15) is 6.33 Å². The van der Waals surface area contributed by atoms with Crippen molar-refractivity contribution < 1.29 is 14.7 Å². The number of amides is 1. The van der Waals surface area contributed by atoms with Gasteiger partial charge in [0.2, 0.25) is 5.91 Å². The van der Waals surface area contributed by atoms with Gasteiger partial charge in [-0.25, -0.2) is 0 Å². The molecular weight excluding hydrogens is 236 g/mol. The van der Waals surface area contributed by atoms with Crippen LogP contribution in [0.5, 0.6) is 0 Å². The van der Waals surface area contributed by atoms with Gasteiger partial charge in [0.15, 0.2) is 5.82 Å². The Morgan fingerprint density at radius 3 is 2.78 bits per heavy atom. The molecule has 1 aliphatic carbocycles. The SMILES string of the molecule is Cn1cnnc1CNC(=O)[C@@H]1CC[C@H](C(=O)O)C1. The van der Waals surface area contributed by atoms with E-state index in [1.165, 1.54) is 0 Å². The summed E-state index contributed by atoms with van der Waals surface area (Å²) in [5, 5.41) is 19.2. The van der Waals surface area contributed by atoms with E-state index in [9.17, 15) is 9.59 Å². The molecular formula is C11H16N4O3. The largest absolute Gasteiger partial charge is 0.481 e. The molecule has 18 heavy (non-hydrogen) atoms. The van der Waals surface area contributed by atoms with E-state index in [0.29, 0.717) is 31.6 Å². The second-order valence-corrected chi connectivity index (χ2v) is 4.62. The normalized spacial score (nSPS) is 22.9. The molecule has 1 aliphatic rings. The Hall–Kier alpha value is -1.92. The minimum Gasteiger partial charge on any atom is -0.481 e. The van der Waals surface area contributed by atoms with Crippen molar-refractivity contribution in [3.63, 3.8) is 0 Å². The third kappa shape index (κ3) is 2.66. The maximum atomic E-state index is 11.9. The highest BCUT2D eigenvalue weighted by molar-refractivity contribution is 5.80. The van der Waals surface area contributed by atoms with E-state index in [-0.39, 0.29) is 17.7 Å². The van der Waals surface area contributed by atoms with Crippen LogP contribution in [0.3, 0.4) is 0 Å². The average Bonchev–Trinajstić information content (AvgIpc) is 2.94. The summed E-state index contributed by atoms with van der Waals surface area (Å²) in [7, 11) is 1.80. The van der Waals surface area contributed by atoms with Crippen LogP contribution in [-0.2, 0) is 23.2 Å². The number of carbonyl (C=O) groups excluding carboxylic acids is 1. The first-order chi connectivity index (χ1) is 8.58. The second kappa shape index (κ2) is 5.16. The van der Waals surface area contributed by atoms with Gasteiger partial charge in [-0.2, -0.15) is 0 Å². The summed E-state index contributed by atoms with van der Waals surface area (Å²) in [5.74, 6) is -0.800. The van der Waals surface area contributed by atoms with Gasteiger partial charge < -0.3 is 15.0 Å². The van der Waals surface area contributed by atoms with E-state index in [0.717, 1.165) is 0 Å². The van der Waals surface area contributed by atoms with Crippen LogP contribution in [-0.4, -0.2) is 31.7 Å². The van der Waals surface area contributed by atoms with Crippen molar-refractivity contribution in [3.05, 3.63) is 12.2 Å². The van der Waals surface area contributed by atoms with Gasteiger partial charge in [-0.1, -0.05) is 0 Å². The number of hydrogen-bond donors (Lipinski definition) is 2. The lowest BCUT2D eigenvalue weighted by atomic mass is 10.0. The van der Waals surface area contributed by atoms with Gasteiger partial charge in [0.25, 0.3) is 0 Å². The van der Waals surface area contributed by atoms with Crippen LogP contribution in [0.1, 0.15) is 25.1 Å². The molecule has 7 heteroatoms. The maximum Gasteiger partial charge on any atom is 0.306 e. The number of carbonyl (C=O) groups is 2. The second-order valence-electron chi connectivity index (χ2n) is 4.62. The number of nitrogens with zero attached hydrogens (tertiary/aromatic N) is 3. The zero-order valence-corrected chi connectivity index (χ0v) is 10.2. The first-order valence-corrected chi connectivity index (χ1v) is 5.91. The minimum atomic E-state index is -0.807. The van der Waals surface area contributed by atoms with Crippen molar-refractivity contribution in [2.24, 2.45) is 18.9 Å². The molecule has 1 saturated carbocycles. The number of carboxylic acids is 1. The number of rotatable bonds is 4. The fourth-order valence-corrected chi connectivity index (χ4v) is 2.22. The van der Waals surface area contributed by atoms with Crippen LogP contribution in [0.4, 0.5) is 0 Å². The molecule has 1 aromatic heterocycles. The monoisotopic (exact) mass is 252 g/mol. The standard InChI is InChI=1S/C11H16N4O3/c1-15-6-13-14-9(15)5-12-10(16)7-2-3-8(4-7)11(17)18/h6-8H,2-5H2,1H3,(H,12,16)(H,17,18)/t7-,8+/m1/s1. The molecule has 7 nitrogen and oxygen atoms in total. The lowest BCUT2D eigenvalue weighted by Crippen LogP contribution is -2.30. The smallest absolute Gasteiger partial charge is 0.306 e. The molecule has 1 heterocycles. The first kappa shape index (κ1) is 12.5. The molecule has 98 valence electrons. The predicted molar refractivity (Wildman–Crippen MR) is 61.3 cm³/mol. The van der Waals surface area contributed by atoms with Gasteiger partial charge in [-0.05, 0) is 19.3 Å². The van der Waals surface area contributed by atoms with Crippen molar-refractivity contribution in [2.75, 3.05) is 0 Å². The topological polar surface area (TPSA) is 97.1 Å².